The Labute approximate surface area is 76.5 Å². The van der Waals surface area contributed by atoms with Gasteiger partial charge < -0.3 is 10.3 Å². The van der Waals surface area contributed by atoms with Gasteiger partial charge in [-0.3, -0.25) is 10.2 Å². The van der Waals surface area contributed by atoms with Gasteiger partial charge in [0.05, 0.1) is 5.56 Å². The summed E-state index contributed by atoms with van der Waals surface area (Å²) in [5.74, 6) is -0.171. The van der Waals surface area contributed by atoms with E-state index in [1.807, 2.05) is 6.92 Å². The van der Waals surface area contributed by atoms with Crippen LogP contribution < -0.4 is 11.3 Å². The largest absolute Gasteiger partial charge is 0.384 e. The van der Waals surface area contributed by atoms with Crippen LogP contribution in [0.3, 0.4) is 0 Å². The summed E-state index contributed by atoms with van der Waals surface area (Å²) in [5.41, 5.74) is 5.34. The van der Waals surface area contributed by atoms with Crippen LogP contribution in [0.15, 0.2) is 23.1 Å². The van der Waals surface area contributed by atoms with Gasteiger partial charge in [-0.25, -0.2) is 0 Å². The average molecular weight is 179 g/mol. The minimum atomic E-state index is -0.183. The molecular weight excluding hydrogens is 166 g/mol. The zero-order valence-corrected chi connectivity index (χ0v) is 7.58. The lowest BCUT2D eigenvalue weighted by Crippen LogP contribution is -2.28. The van der Waals surface area contributed by atoms with Gasteiger partial charge in [-0.1, -0.05) is 6.92 Å². The van der Waals surface area contributed by atoms with Gasteiger partial charge in [0.1, 0.15) is 5.84 Å². The third-order valence-corrected chi connectivity index (χ3v) is 1.77. The van der Waals surface area contributed by atoms with E-state index in [1.165, 1.54) is 0 Å². The van der Waals surface area contributed by atoms with Crippen LogP contribution in [0.25, 0.3) is 0 Å². The lowest BCUT2D eigenvalue weighted by atomic mass is 10.2. The molecule has 70 valence electrons. The Morgan fingerprint density at radius 3 is 2.92 bits per heavy atom. The molecule has 1 heterocycles. The van der Waals surface area contributed by atoms with Crippen molar-refractivity contribution in [3.8, 4) is 0 Å². The van der Waals surface area contributed by atoms with E-state index in [1.54, 1.807) is 22.9 Å². The first kappa shape index (κ1) is 9.51. The number of amidine groups is 1. The van der Waals surface area contributed by atoms with E-state index in [2.05, 4.69) is 0 Å². The van der Waals surface area contributed by atoms with Crippen molar-refractivity contribution in [3.63, 3.8) is 0 Å². The number of nitrogen functional groups attached to an aromatic ring is 1. The van der Waals surface area contributed by atoms with Crippen molar-refractivity contribution in [1.29, 1.82) is 5.41 Å². The third kappa shape index (κ3) is 1.96. The molecule has 0 saturated carbocycles. The zero-order chi connectivity index (χ0) is 9.84. The van der Waals surface area contributed by atoms with Gasteiger partial charge in [-0.15, -0.1) is 0 Å². The van der Waals surface area contributed by atoms with Crippen LogP contribution in [0.5, 0.6) is 0 Å². The van der Waals surface area contributed by atoms with Crippen molar-refractivity contribution < 1.29 is 0 Å². The predicted molar refractivity (Wildman–Crippen MR) is 52.0 cm³/mol. The Balaban J connectivity index is 3.19. The molecule has 1 aromatic rings. The fraction of sp³-hybridized carbons (Fsp3) is 0.333. The second-order valence-corrected chi connectivity index (χ2v) is 2.83. The van der Waals surface area contributed by atoms with Gasteiger partial charge in [-0.05, 0) is 18.6 Å². The monoisotopic (exact) mass is 179 g/mol. The van der Waals surface area contributed by atoms with Gasteiger partial charge in [0.2, 0.25) is 0 Å². The normalized spacial score (nSPS) is 9.92. The zero-order valence-electron chi connectivity index (χ0n) is 7.58. The quantitative estimate of drug-likeness (QED) is 0.525. The van der Waals surface area contributed by atoms with E-state index in [9.17, 15) is 4.79 Å². The van der Waals surface area contributed by atoms with Crippen LogP contribution in [0, 0.1) is 5.41 Å². The van der Waals surface area contributed by atoms with Gasteiger partial charge >= 0.3 is 0 Å². The van der Waals surface area contributed by atoms with E-state index in [-0.39, 0.29) is 17.0 Å². The fourth-order valence-electron chi connectivity index (χ4n) is 1.16. The molecule has 1 rings (SSSR count). The molecule has 4 heteroatoms. The topological polar surface area (TPSA) is 71.9 Å². The first-order valence-corrected chi connectivity index (χ1v) is 4.20. The Hall–Kier alpha value is -1.58. The third-order valence-electron chi connectivity index (χ3n) is 1.77. The number of hydrogen-bond donors (Lipinski definition) is 2. The molecule has 0 fully saturated rings. The highest BCUT2D eigenvalue weighted by Gasteiger charge is 2.03. The molecule has 0 radical (unpaired) electrons. The molecule has 3 N–H and O–H groups in total. The molecular formula is C9H13N3O. The lowest BCUT2D eigenvalue weighted by molar-refractivity contribution is 0.653. The van der Waals surface area contributed by atoms with Crippen molar-refractivity contribution in [2.45, 2.75) is 19.9 Å². The number of hydrogen-bond acceptors (Lipinski definition) is 2. The van der Waals surface area contributed by atoms with Crippen LogP contribution >= 0.6 is 0 Å². The summed E-state index contributed by atoms with van der Waals surface area (Å²) < 4.78 is 1.57. The van der Waals surface area contributed by atoms with Crippen LogP contribution in [-0.4, -0.2) is 10.4 Å². The second-order valence-electron chi connectivity index (χ2n) is 2.83. The Kier molecular flexibility index (Phi) is 2.84. The van der Waals surface area contributed by atoms with Crippen LogP contribution in [0.1, 0.15) is 18.9 Å². The van der Waals surface area contributed by atoms with E-state index >= 15 is 0 Å². The fourth-order valence-corrected chi connectivity index (χ4v) is 1.16. The Morgan fingerprint density at radius 2 is 2.38 bits per heavy atom. The molecule has 0 saturated heterocycles. The molecule has 0 bridgehead atoms. The number of nitrogens with one attached hydrogen (secondary N) is 1. The van der Waals surface area contributed by atoms with Gasteiger partial charge in [0, 0.05) is 12.7 Å². The highest BCUT2D eigenvalue weighted by molar-refractivity contribution is 5.94. The standard InChI is InChI=1S/C9H13N3O/c1-2-5-12-6-3-4-7(8(10)11)9(12)13/h3-4,6H,2,5H2,1H3,(H3,10,11). The average Bonchev–Trinajstić information content (AvgIpc) is 2.08. The molecule has 1 aromatic heterocycles. The molecule has 0 aliphatic heterocycles. The van der Waals surface area contributed by atoms with Crippen molar-refractivity contribution in [1.82, 2.24) is 4.57 Å². The molecule has 0 unspecified atom stereocenters. The van der Waals surface area contributed by atoms with Gasteiger partial charge in [-0.2, -0.15) is 0 Å². The van der Waals surface area contributed by atoms with E-state index in [0.717, 1.165) is 6.42 Å². The summed E-state index contributed by atoms with van der Waals surface area (Å²) in [5, 5.41) is 7.17. The maximum atomic E-state index is 11.5. The summed E-state index contributed by atoms with van der Waals surface area (Å²) in [4.78, 5) is 11.5. The van der Waals surface area contributed by atoms with Crippen LogP contribution in [0.2, 0.25) is 0 Å². The predicted octanol–water partition coefficient (Wildman–Crippen LogP) is 0.542. The molecule has 13 heavy (non-hydrogen) atoms. The summed E-state index contributed by atoms with van der Waals surface area (Å²) in [6, 6.07) is 3.30. The maximum Gasteiger partial charge on any atom is 0.261 e. The summed E-state index contributed by atoms with van der Waals surface area (Å²) in [6.07, 6.45) is 2.60. The van der Waals surface area contributed by atoms with Crippen molar-refractivity contribution in [2.24, 2.45) is 5.73 Å². The van der Waals surface area contributed by atoms with Crippen molar-refractivity contribution >= 4 is 5.84 Å². The molecule has 4 nitrogen and oxygen atoms in total. The highest BCUT2D eigenvalue weighted by atomic mass is 16.1. The highest BCUT2D eigenvalue weighted by Crippen LogP contribution is 1.91. The van der Waals surface area contributed by atoms with Gasteiger partial charge in [0.15, 0.2) is 0 Å². The summed E-state index contributed by atoms with van der Waals surface area (Å²) in [7, 11) is 0. The molecule has 0 atom stereocenters. The number of nitrogens with two attached hydrogens (primary N) is 1. The number of aromatic nitrogens is 1. The Bertz CT molecular complexity index is 367. The smallest absolute Gasteiger partial charge is 0.261 e. The molecule has 0 aliphatic rings. The number of pyridine rings is 1. The Morgan fingerprint density at radius 1 is 1.69 bits per heavy atom. The maximum absolute atomic E-state index is 11.5. The number of nitrogens with zero attached hydrogens (tertiary/aromatic N) is 1. The minimum absolute atomic E-state index is 0.171. The molecule has 0 aliphatic carbocycles. The molecule has 0 amide bonds. The summed E-state index contributed by atoms with van der Waals surface area (Å²) in [6.45, 7) is 2.66. The van der Waals surface area contributed by atoms with Gasteiger partial charge in [0.25, 0.3) is 5.56 Å². The first-order chi connectivity index (χ1) is 6.16. The van der Waals surface area contributed by atoms with Crippen LogP contribution in [-0.2, 0) is 6.54 Å². The molecule has 0 aromatic carbocycles. The first-order valence-electron chi connectivity index (χ1n) is 4.20. The van der Waals surface area contributed by atoms with Crippen molar-refractivity contribution in [2.75, 3.05) is 0 Å². The van der Waals surface area contributed by atoms with E-state index < -0.39 is 0 Å². The number of aryl methyl sites for hydroxylation is 1. The lowest BCUT2D eigenvalue weighted by Gasteiger charge is -2.04. The minimum Gasteiger partial charge on any atom is -0.384 e. The second kappa shape index (κ2) is 3.89. The van der Waals surface area contributed by atoms with E-state index in [4.69, 9.17) is 11.1 Å². The number of rotatable bonds is 3. The summed E-state index contributed by atoms with van der Waals surface area (Å²) >= 11 is 0. The van der Waals surface area contributed by atoms with E-state index in [0.29, 0.717) is 6.54 Å². The van der Waals surface area contributed by atoms with Crippen LogP contribution in [0.4, 0.5) is 0 Å². The SMILES string of the molecule is CCCn1cccc(C(=N)N)c1=O. The van der Waals surface area contributed by atoms with Crippen molar-refractivity contribution in [3.05, 3.63) is 34.2 Å². The molecule has 0 spiro atoms.